The third-order valence-corrected chi connectivity index (χ3v) is 3.54. The van der Waals surface area contributed by atoms with Crippen LogP contribution in [-0.4, -0.2) is 48.0 Å². The van der Waals surface area contributed by atoms with Gasteiger partial charge < -0.3 is 4.90 Å². The summed E-state index contributed by atoms with van der Waals surface area (Å²) >= 11 is 0. The van der Waals surface area contributed by atoms with E-state index in [1.807, 2.05) is 0 Å². The van der Waals surface area contributed by atoms with Crippen molar-refractivity contribution in [2.24, 2.45) is 5.92 Å². The second-order valence-corrected chi connectivity index (χ2v) is 4.76. The molecular formula is C12H20N2O3. The van der Waals surface area contributed by atoms with Gasteiger partial charge in [-0.25, -0.2) is 5.06 Å². The number of piperidine rings is 1. The highest BCUT2D eigenvalue weighted by atomic mass is 16.7. The first-order valence-corrected chi connectivity index (χ1v) is 6.38. The highest BCUT2D eigenvalue weighted by molar-refractivity contribution is 5.79. The van der Waals surface area contributed by atoms with Crippen molar-refractivity contribution in [3.8, 4) is 0 Å². The molecule has 0 aromatic heterocycles. The second-order valence-electron chi connectivity index (χ2n) is 4.76. The van der Waals surface area contributed by atoms with Gasteiger partial charge in [-0.1, -0.05) is 0 Å². The Morgan fingerprint density at radius 3 is 2.35 bits per heavy atom. The van der Waals surface area contributed by atoms with Gasteiger partial charge in [0.15, 0.2) is 0 Å². The van der Waals surface area contributed by atoms with Crippen LogP contribution in [0.25, 0.3) is 0 Å². The highest BCUT2D eigenvalue weighted by Crippen LogP contribution is 2.21. The zero-order valence-electron chi connectivity index (χ0n) is 10.4. The molecule has 5 nitrogen and oxygen atoms in total. The predicted octanol–water partition coefficient (Wildman–Crippen LogP) is 0.799. The standard InChI is InChI=1S/C12H20N2O3/c1-10(15)13-7-4-11(5-8-13)12(16)14-6-2-3-9-17-14/h11H,2-9H2,1H3. The number of hydrogen-bond donors (Lipinski definition) is 0. The molecule has 0 aliphatic carbocycles. The van der Waals surface area contributed by atoms with E-state index < -0.39 is 0 Å². The average molecular weight is 240 g/mol. The molecule has 0 aromatic rings. The number of nitrogens with zero attached hydrogens (tertiary/aromatic N) is 2. The summed E-state index contributed by atoms with van der Waals surface area (Å²) in [6, 6.07) is 0. The Morgan fingerprint density at radius 2 is 1.82 bits per heavy atom. The summed E-state index contributed by atoms with van der Waals surface area (Å²) in [5.74, 6) is 0.238. The van der Waals surface area contributed by atoms with E-state index in [9.17, 15) is 9.59 Å². The molecular weight excluding hydrogens is 220 g/mol. The van der Waals surface area contributed by atoms with E-state index in [1.165, 1.54) is 5.06 Å². The number of amides is 2. The van der Waals surface area contributed by atoms with Crippen molar-refractivity contribution in [3.63, 3.8) is 0 Å². The van der Waals surface area contributed by atoms with Crippen molar-refractivity contribution in [2.75, 3.05) is 26.2 Å². The monoisotopic (exact) mass is 240 g/mol. The summed E-state index contributed by atoms with van der Waals surface area (Å²) in [6.45, 7) is 4.33. The second kappa shape index (κ2) is 5.49. The average Bonchev–Trinajstić information content (AvgIpc) is 2.39. The third kappa shape index (κ3) is 2.97. The van der Waals surface area contributed by atoms with Crippen LogP contribution in [0.4, 0.5) is 0 Å². The number of hydroxylamine groups is 2. The zero-order chi connectivity index (χ0) is 12.3. The molecule has 2 rings (SSSR count). The van der Waals surface area contributed by atoms with E-state index in [4.69, 9.17) is 4.84 Å². The van der Waals surface area contributed by atoms with Gasteiger partial charge in [0.1, 0.15) is 0 Å². The lowest BCUT2D eigenvalue weighted by Gasteiger charge is -2.34. The largest absolute Gasteiger partial charge is 0.343 e. The lowest BCUT2D eigenvalue weighted by molar-refractivity contribution is -0.202. The molecule has 2 aliphatic rings. The lowest BCUT2D eigenvalue weighted by Crippen LogP contribution is -2.45. The Morgan fingerprint density at radius 1 is 1.12 bits per heavy atom. The molecule has 2 saturated heterocycles. The van der Waals surface area contributed by atoms with Crippen molar-refractivity contribution in [3.05, 3.63) is 0 Å². The van der Waals surface area contributed by atoms with Crippen LogP contribution in [0.2, 0.25) is 0 Å². The van der Waals surface area contributed by atoms with Gasteiger partial charge in [-0.05, 0) is 25.7 Å². The van der Waals surface area contributed by atoms with E-state index in [2.05, 4.69) is 0 Å². The maximum absolute atomic E-state index is 12.1. The number of carbonyl (C=O) groups is 2. The zero-order valence-corrected chi connectivity index (χ0v) is 10.4. The fraction of sp³-hybridized carbons (Fsp3) is 0.833. The minimum absolute atomic E-state index is 0.0312. The van der Waals surface area contributed by atoms with Crippen molar-refractivity contribution < 1.29 is 14.4 Å². The minimum atomic E-state index is 0.0312. The van der Waals surface area contributed by atoms with Gasteiger partial charge in [0.2, 0.25) is 11.8 Å². The molecule has 0 N–H and O–H groups in total. The first-order valence-electron chi connectivity index (χ1n) is 6.38. The van der Waals surface area contributed by atoms with Crippen LogP contribution in [0.5, 0.6) is 0 Å². The molecule has 0 spiro atoms. The molecule has 0 radical (unpaired) electrons. The third-order valence-electron chi connectivity index (χ3n) is 3.54. The van der Waals surface area contributed by atoms with Gasteiger partial charge in [-0.3, -0.25) is 14.4 Å². The fourth-order valence-electron chi connectivity index (χ4n) is 2.42. The van der Waals surface area contributed by atoms with Crippen LogP contribution in [0.15, 0.2) is 0 Å². The maximum Gasteiger partial charge on any atom is 0.249 e. The number of carbonyl (C=O) groups excluding carboxylic acids is 2. The summed E-state index contributed by atoms with van der Waals surface area (Å²) in [6.07, 6.45) is 3.58. The lowest BCUT2D eigenvalue weighted by atomic mass is 9.95. The molecule has 96 valence electrons. The normalized spacial score (nSPS) is 22.6. The first kappa shape index (κ1) is 12.4. The van der Waals surface area contributed by atoms with E-state index in [1.54, 1.807) is 11.8 Å². The first-order chi connectivity index (χ1) is 8.18. The van der Waals surface area contributed by atoms with E-state index in [-0.39, 0.29) is 17.7 Å². The molecule has 2 fully saturated rings. The van der Waals surface area contributed by atoms with E-state index in [0.717, 1.165) is 25.7 Å². The summed E-state index contributed by atoms with van der Waals surface area (Å²) in [5.41, 5.74) is 0. The Hall–Kier alpha value is -1.10. The predicted molar refractivity (Wildman–Crippen MR) is 61.9 cm³/mol. The Bertz CT molecular complexity index is 292. The summed E-state index contributed by atoms with van der Waals surface area (Å²) in [4.78, 5) is 30.5. The van der Waals surface area contributed by atoms with Crippen LogP contribution in [0, 0.1) is 5.92 Å². The Labute approximate surface area is 102 Å². The van der Waals surface area contributed by atoms with Gasteiger partial charge in [-0.2, -0.15) is 0 Å². The summed E-state index contributed by atoms with van der Waals surface area (Å²) < 4.78 is 0. The van der Waals surface area contributed by atoms with Gasteiger partial charge in [0, 0.05) is 32.5 Å². The van der Waals surface area contributed by atoms with Crippen molar-refractivity contribution in [2.45, 2.75) is 32.6 Å². The van der Waals surface area contributed by atoms with Crippen LogP contribution < -0.4 is 0 Å². The highest BCUT2D eigenvalue weighted by Gasteiger charge is 2.30. The molecule has 2 heterocycles. The summed E-state index contributed by atoms with van der Waals surface area (Å²) in [7, 11) is 0. The number of hydrogen-bond acceptors (Lipinski definition) is 3. The van der Waals surface area contributed by atoms with Crippen LogP contribution in [-0.2, 0) is 14.4 Å². The van der Waals surface area contributed by atoms with Crippen molar-refractivity contribution in [1.82, 2.24) is 9.96 Å². The smallest absolute Gasteiger partial charge is 0.249 e. The molecule has 0 saturated carbocycles. The van der Waals surface area contributed by atoms with Gasteiger partial charge in [0.25, 0.3) is 0 Å². The van der Waals surface area contributed by atoms with Crippen LogP contribution in [0.1, 0.15) is 32.6 Å². The van der Waals surface area contributed by atoms with Crippen molar-refractivity contribution >= 4 is 11.8 Å². The molecule has 0 atom stereocenters. The Balaban J connectivity index is 1.83. The topological polar surface area (TPSA) is 49.9 Å². The SMILES string of the molecule is CC(=O)N1CCC(C(=O)N2CCCCO2)CC1. The molecule has 2 amide bonds. The van der Waals surface area contributed by atoms with Crippen molar-refractivity contribution in [1.29, 1.82) is 0 Å². The molecule has 0 unspecified atom stereocenters. The number of rotatable bonds is 1. The van der Waals surface area contributed by atoms with Crippen LogP contribution in [0.3, 0.4) is 0 Å². The molecule has 2 aliphatic heterocycles. The van der Waals surface area contributed by atoms with Gasteiger partial charge >= 0.3 is 0 Å². The fourth-order valence-corrected chi connectivity index (χ4v) is 2.42. The molecule has 5 heteroatoms. The van der Waals surface area contributed by atoms with E-state index >= 15 is 0 Å². The Kier molecular flexibility index (Phi) is 3.99. The molecule has 0 bridgehead atoms. The van der Waals surface area contributed by atoms with Gasteiger partial charge in [-0.15, -0.1) is 0 Å². The van der Waals surface area contributed by atoms with E-state index in [0.29, 0.717) is 26.2 Å². The molecule has 0 aromatic carbocycles. The maximum atomic E-state index is 12.1. The van der Waals surface area contributed by atoms with Gasteiger partial charge in [0.05, 0.1) is 6.61 Å². The summed E-state index contributed by atoms with van der Waals surface area (Å²) in [5, 5.41) is 1.53. The minimum Gasteiger partial charge on any atom is -0.343 e. The quantitative estimate of drug-likeness (QED) is 0.681. The number of likely N-dealkylation sites (tertiary alicyclic amines) is 1. The van der Waals surface area contributed by atoms with Crippen LogP contribution >= 0.6 is 0 Å². The molecule has 17 heavy (non-hydrogen) atoms.